The number of aromatic nitrogens is 2. The third-order valence-corrected chi connectivity index (χ3v) is 3.16. The Hall–Kier alpha value is -0.880. The van der Waals surface area contributed by atoms with Crippen LogP contribution in [-0.2, 0) is 0 Å². The van der Waals surface area contributed by atoms with Crippen LogP contribution >= 0.6 is 23.4 Å². The minimum Gasteiger partial charge on any atom is -0.258 e. The highest BCUT2D eigenvalue weighted by atomic mass is 35.5. The molecule has 0 bridgehead atoms. The molecule has 15 heavy (non-hydrogen) atoms. The number of rotatable bonds is 4. The van der Waals surface area contributed by atoms with Gasteiger partial charge in [0.25, 0.3) is 0 Å². The first-order chi connectivity index (χ1) is 7.02. The number of halogens is 1. The molecule has 0 aliphatic carbocycles. The maximum atomic E-state index is 10.7. The number of hydrogen-bond acceptors (Lipinski definition) is 5. The molecule has 0 atom stereocenters. The van der Waals surface area contributed by atoms with Crippen molar-refractivity contribution < 1.29 is 4.92 Å². The van der Waals surface area contributed by atoms with E-state index in [-0.39, 0.29) is 10.8 Å². The summed E-state index contributed by atoms with van der Waals surface area (Å²) >= 11 is 6.95. The van der Waals surface area contributed by atoms with E-state index in [4.69, 9.17) is 11.6 Å². The molecule has 1 heterocycles. The van der Waals surface area contributed by atoms with Crippen LogP contribution in [-0.4, -0.2) is 20.6 Å². The Labute approximate surface area is 96.4 Å². The van der Waals surface area contributed by atoms with Crippen molar-refractivity contribution in [2.45, 2.75) is 18.9 Å². The Kier molecular flexibility index (Phi) is 4.28. The van der Waals surface area contributed by atoms with E-state index in [0.29, 0.717) is 10.9 Å². The maximum Gasteiger partial charge on any atom is 0.338 e. The maximum absolute atomic E-state index is 10.7. The summed E-state index contributed by atoms with van der Waals surface area (Å²) in [5.74, 6) is 1.19. The third kappa shape index (κ3) is 3.32. The molecule has 0 aliphatic heterocycles. The number of hydrogen-bond donors (Lipinski definition) is 0. The minimum absolute atomic E-state index is 0.110. The van der Waals surface area contributed by atoms with E-state index in [1.165, 1.54) is 18.1 Å². The van der Waals surface area contributed by atoms with Crippen molar-refractivity contribution >= 4 is 29.1 Å². The number of nitro groups is 1. The Morgan fingerprint density at radius 3 is 2.80 bits per heavy atom. The molecule has 0 aliphatic rings. The molecule has 0 fully saturated rings. The van der Waals surface area contributed by atoms with E-state index in [1.807, 2.05) is 13.8 Å². The van der Waals surface area contributed by atoms with Gasteiger partial charge in [0.05, 0.1) is 4.92 Å². The highest BCUT2D eigenvalue weighted by Gasteiger charge is 2.21. The van der Waals surface area contributed by atoms with Crippen LogP contribution < -0.4 is 0 Å². The fourth-order valence-electron chi connectivity index (χ4n) is 0.847. The van der Waals surface area contributed by atoms with Crippen molar-refractivity contribution in [1.29, 1.82) is 0 Å². The highest BCUT2D eigenvalue weighted by molar-refractivity contribution is 7.99. The van der Waals surface area contributed by atoms with E-state index < -0.39 is 4.92 Å². The predicted octanol–water partition coefficient (Wildman–Crippen LogP) is 2.79. The summed E-state index contributed by atoms with van der Waals surface area (Å²) in [6, 6.07) is 0. The Morgan fingerprint density at radius 2 is 2.27 bits per heavy atom. The van der Waals surface area contributed by atoms with Gasteiger partial charge in [0, 0.05) is 5.75 Å². The van der Waals surface area contributed by atoms with Gasteiger partial charge in [-0.05, 0) is 5.92 Å². The average molecular weight is 248 g/mol. The standard InChI is InChI=1S/C8H10ClN3O2S/c1-5(2)3-15-8-6(12(13)14)7(9)10-4-11-8/h4-5H,3H2,1-2H3. The second-order valence-corrected chi connectivity index (χ2v) is 4.65. The molecule has 0 amide bonds. The van der Waals surface area contributed by atoms with Crippen molar-refractivity contribution in [3.63, 3.8) is 0 Å². The van der Waals surface area contributed by atoms with Crippen molar-refractivity contribution in [1.82, 2.24) is 9.97 Å². The Balaban J connectivity index is 2.96. The van der Waals surface area contributed by atoms with Crippen molar-refractivity contribution in [2.24, 2.45) is 5.92 Å². The second-order valence-electron chi connectivity index (χ2n) is 3.28. The molecule has 0 radical (unpaired) electrons. The first-order valence-corrected chi connectivity index (χ1v) is 5.66. The van der Waals surface area contributed by atoms with Gasteiger partial charge in [-0.3, -0.25) is 10.1 Å². The molecule has 0 spiro atoms. The summed E-state index contributed by atoms with van der Waals surface area (Å²) in [5, 5.41) is 10.9. The van der Waals surface area contributed by atoms with E-state index in [0.717, 1.165) is 5.75 Å². The van der Waals surface area contributed by atoms with Crippen molar-refractivity contribution in [2.75, 3.05) is 5.75 Å². The van der Waals surface area contributed by atoms with Gasteiger partial charge >= 0.3 is 5.69 Å². The normalized spacial score (nSPS) is 10.7. The van der Waals surface area contributed by atoms with Crippen LogP contribution in [0.2, 0.25) is 5.15 Å². The fourth-order valence-corrected chi connectivity index (χ4v) is 2.03. The summed E-state index contributed by atoms with van der Waals surface area (Å²) < 4.78 is 0. The molecule has 0 saturated carbocycles. The monoisotopic (exact) mass is 247 g/mol. The summed E-state index contributed by atoms with van der Waals surface area (Å²) in [5.41, 5.74) is -0.204. The molecule has 7 heteroatoms. The lowest BCUT2D eigenvalue weighted by molar-refractivity contribution is -0.388. The summed E-state index contributed by atoms with van der Waals surface area (Å²) in [4.78, 5) is 17.6. The average Bonchev–Trinajstić information content (AvgIpc) is 2.13. The molecular formula is C8H10ClN3O2S. The number of nitrogens with zero attached hydrogens (tertiary/aromatic N) is 3. The Morgan fingerprint density at radius 1 is 1.60 bits per heavy atom. The molecule has 1 aromatic rings. The predicted molar refractivity (Wildman–Crippen MR) is 59.3 cm³/mol. The zero-order valence-electron chi connectivity index (χ0n) is 8.31. The summed E-state index contributed by atoms with van der Waals surface area (Å²) in [6.45, 7) is 4.06. The van der Waals surface area contributed by atoms with Crippen molar-refractivity contribution in [3.05, 3.63) is 21.6 Å². The van der Waals surface area contributed by atoms with Gasteiger partial charge in [-0.15, -0.1) is 0 Å². The lowest BCUT2D eigenvalue weighted by atomic mass is 10.3. The molecule has 82 valence electrons. The smallest absolute Gasteiger partial charge is 0.258 e. The van der Waals surface area contributed by atoms with E-state index in [9.17, 15) is 10.1 Å². The zero-order chi connectivity index (χ0) is 11.4. The van der Waals surface area contributed by atoms with Gasteiger partial charge < -0.3 is 0 Å². The fraction of sp³-hybridized carbons (Fsp3) is 0.500. The Bertz CT molecular complexity index is 373. The molecule has 1 rings (SSSR count). The quantitative estimate of drug-likeness (QED) is 0.354. The van der Waals surface area contributed by atoms with E-state index >= 15 is 0 Å². The molecule has 5 nitrogen and oxygen atoms in total. The first kappa shape index (κ1) is 12.2. The lowest BCUT2D eigenvalue weighted by Crippen LogP contribution is -1.98. The van der Waals surface area contributed by atoms with Gasteiger partial charge in [-0.1, -0.05) is 37.2 Å². The van der Waals surface area contributed by atoms with Gasteiger partial charge in [0.2, 0.25) is 5.15 Å². The molecule has 0 saturated heterocycles. The van der Waals surface area contributed by atoms with Crippen LogP contribution in [0.1, 0.15) is 13.8 Å². The number of thioether (sulfide) groups is 1. The molecule has 1 aromatic heterocycles. The molecule has 0 aromatic carbocycles. The minimum atomic E-state index is -0.551. The van der Waals surface area contributed by atoms with Crippen LogP contribution in [0.5, 0.6) is 0 Å². The van der Waals surface area contributed by atoms with E-state index in [2.05, 4.69) is 9.97 Å². The largest absolute Gasteiger partial charge is 0.338 e. The van der Waals surface area contributed by atoms with Crippen LogP contribution in [0.25, 0.3) is 0 Å². The van der Waals surface area contributed by atoms with Crippen LogP contribution in [0, 0.1) is 16.0 Å². The van der Waals surface area contributed by atoms with Crippen LogP contribution in [0.3, 0.4) is 0 Å². The van der Waals surface area contributed by atoms with Crippen LogP contribution in [0.15, 0.2) is 11.4 Å². The van der Waals surface area contributed by atoms with Gasteiger partial charge in [-0.2, -0.15) is 0 Å². The first-order valence-electron chi connectivity index (χ1n) is 4.30. The topological polar surface area (TPSA) is 68.9 Å². The highest BCUT2D eigenvalue weighted by Crippen LogP contribution is 2.32. The summed E-state index contributed by atoms with van der Waals surface area (Å²) in [6.07, 6.45) is 1.23. The van der Waals surface area contributed by atoms with Gasteiger partial charge in [0.15, 0.2) is 5.03 Å². The van der Waals surface area contributed by atoms with Gasteiger partial charge in [0.1, 0.15) is 6.33 Å². The summed E-state index contributed by atoms with van der Waals surface area (Å²) in [7, 11) is 0. The molecular weight excluding hydrogens is 238 g/mol. The van der Waals surface area contributed by atoms with E-state index in [1.54, 1.807) is 0 Å². The van der Waals surface area contributed by atoms with Crippen molar-refractivity contribution in [3.8, 4) is 0 Å². The van der Waals surface area contributed by atoms with Gasteiger partial charge in [-0.25, -0.2) is 9.97 Å². The lowest BCUT2D eigenvalue weighted by Gasteiger charge is -2.04. The van der Waals surface area contributed by atoms with Crippen LogP contribution in [0.4, 0.5) is 5.69 Å². The zero-order valence-corrected chi connectivity index (χ0v) is 9.88. The SMILES string of the molecule is CC(C)CSc1ncnc(Cl)c1[N+](=O)[O-]. The second kappa shape index (κ2) is 5.27. The molecule has 0 N–H and O–H groups in total. The molecule has 0 unspecified atom stereocenters. The third-order valence-electron chi connectivity index (χ3n) is 1.48.